The van der Waals surface area contributed by atoms with E-state index < -0.39 is 16.8 Å². The van der Waals surface area contributed by atoms with Crippen LogP contribution in [0, 0.1) is 0 Å². The number of rotatable bonds is 5. The average molecular weight is 324 g/mol. The van der Waals surface area contributed by atoms with Crippen molar-refractivity contribution in [2.75, 3.05) is 20.2 Å². The zero-order valence-electron chi connectivity index (χ0n) is 15.9. The minimum atomic E-state index is -0.466. The van der Waals surface area contributed by atoms with E-state index in [0.717, 1.165) is 11.9 Å². The molecule has 0 bridgehead atoms. The average Bonchev–Trinajstić information content (AvgIpc) is 2.43. The van der Waals surface area contributed by atoms with Gasteiger partial charge in [-0.05, 0) is 54.9 Å². The lowest BCUT2D eigenvalue weighted by Gasteiger charge is -2.41. The summed E-state index contributed by atoms with van der Waals surface area (Å²) in [4.78, 5) is 13.7. The highest BCUT2D eigenvalue weighted by molar-refractivity contribution is 6.38. The molecule has 0 saturated carbocycles. The van der Waals surface area contributed by atoms with Crippen molar-refractivity contribution in [1.29, 1.82) is 0 Å². The van der Waals surface area contributed by atoms with Crippen LogP contribution in [0.1, 0.15) is 54.9 Å². The lowest BCUT2D eigenvalue weighted by molar-refractivity contribution is -0.114. The quantitative estimate of drug-likeness (QED) is 0.728. The molecule has 0 N–H and O–H groups in total. The van der Waals surface area contributed by atoms with Gasteiger partial charge in [0.15, 0.2) is 0 Å². The number of carbonyl (C=O) groups excluding carboxylic acids is 1. The van der Waals surface area contributed by atoms with Crippen LogP contribution in [0.15, 0.2) is 11.5 Å². The largest absolute Gasteiger partial charge is 0.444 e. The molecule has 0 aliphatic carbocycles. The first-order valence-electron chi connectivity index (χ1n) is 8.11. The van der Waals surface area contributed by atoms with Crippen LogP contribution in [-0.2, 0) is 14.1 Å². The molecule has 5 nitrogen and oxygen atoms in total. The van der Waals surface area contributed by atoms with Gasteiger partial charge < -0.3 is 19.0 Å². The normalized spacial score (nSPS) is 16.9. The van der Waals surface area contributed by atoms with E-state index in [0.29, 0.717) is 13.1 Å². The van der Waals surface area contributed by atoms with Gasteiger partial charge in [-0.1, -0.05) is 11.5 Å². The standard InChI is InChI=1S/C17H31BNO4/c1-15(2,3)22-14(20)19-11-9-13(10-12-19)18-23-17(6,7)16(4,5)21-8/h9H,10-12H2,1-8H3. The number of nitrogens with zero attached hydrogens (tertiary/aromatic N) is 1. The maximum absolute atomic E-state index is 12.0. The first kappa shape index (κ1) is 20.0. The summed E-state index contributed by atoms with van der Waals surface area (Å²) in [6.07, 6.45) is 2.49. The third-order valence-electron chi connectivity index (χ3n) is 4.36. The van der Waals surface area contributed by atoms with Gasteiger partial charge in [-0.15, -0.1) is 0 Å². The predicted octanol–water partition coefficient (Wildman–Crippen LogP) is 3.35. The van der Waals surface area contributed by atoms with Gasteiger partial charge in [0.25, 0.3) is 0 Å². The third kappa shape index (κ3) is 5.85. The Bertz CT molecular complexity index is 452. The van der Waals surface area contributed by atoms with Crippen LogP contribution in [0.3, 0.4) is 0 Å². The molecule has 0 saturated heterocycles. The lowest BCUT2D eigenvalue weighted by atomic mass is 9.79. The van der Waals surface area contributed by atoms with Gasteiger partial charge in [0.05, 0.1) is 11.2 Å². The molecule has 1 aliphatic rings. The number of carbonyl (C=O) groups is 1. The Labute approximate surface area is 141 Å². The fraction of sp³-hybridized carbons (Fsp3) is 0.824. The van der Waals surface area contributed by atoms with Gasteiger partial charge in [0.2, 0.25) is 0 Å². The Kier molecular flexibility index (Phi) is 6.33. The molecule has 1 heterocycles. The first-order chi connectivity index (χ1) is 10.4. The van der Waals surface area contributed by atoms with Crippen molar-refractivity contribution >= 4 is 13.6 Å². The van der Waals surface area contributed by atoms with Crippen molar-refractivity contribution in [2.24, 2.45) is 0 Å². The molecule has 0 aromatic rings. The number of amides is 1. The summed E-state index contributed by atoms with van der Waals surface area (Å²) in [5.41, 5.74) is -0.233. The second-order valence-electron chi connectivity index (χ2n) is 7.92. The highest BCUT2D eigenvalue weighted by Crippen LogP contribution is 2.28. The summed E-state index contributed by atoms with van der Waals surface area (Å²) in [6, 6.07) is 0. The third-order valence-corrected chi connectivity index (χ3v) is 4.36. The molecular formula is C17H31BNO4. The Hall–Kier alpha value is -1.01. The van der Waals surface area contributed by atoms with Crippen LogP contribution < -0.4 is 0 Å². The minimum Gasteiger partial charge on any atom is -0.444 e. The Morgan fingerprint density at radius 1 is 1.13 bits per heavy atom. The SMILES string of the molecule is COC(C)(C)C(C)(C)O[B]C1=CCN(C(=O)OC(C)(C)C)CC1. The molecule has 0 aromatic carbocycles. The summed E-state index contributed by atoms with van der Waals surface area (Å²) >= 11 is 0. The maximum atomic E-state index is 12.0. The number of hydrogen-bond donors (Lipinski definition) is 0. The second kappa shape index (κ2) is 7.26. The molecular weight excluding hydrogens is 293 g/mol. The van der Waals surface area contributed by atoms with E-state index >= 15 is 0 Å². The zero-order valence-corrected chi connectivity index (χ0v) is 15.9. The van der Waals surface area contributed by atoms with Crippen LogP contribution >= 0.6 is 0 Å². The molecule has 0 atom stereocenters. The highest BCUT2D eigenvalue weighted by Gasteiger charge is 2.38. The molecule has 131 valence electrons. The van der Waals surface area contributed by atoms with Crippen LogP contribution in [0.25, 0.3) is 0 Å². The fourth-order valence-electron chi connectivity index (χ4n) is 1.89. The van der Waals surface area contributed by atoms with Gasteiger partial charge in [0.1, 0.15) is 5.60 Å². The highest BCUT2D eigenvalue weighted by atomic mass is 16.6. The van der Waals surface area contributed by atoms with E-state index in [1.165, 1.54) is 0 Å². The van der Waals surface area contributed by atoms with Crippen molar-refractivity contribution in [2.45, 2.75) is 71.7 Å². The van der Waals surface area contributed by atoms with Crippen molar-refractivity contribution in [3.05, 3.63) is 11.5 Å². The fourth-order valence-corrected chi connectivity index (χ4v) is 1.89. The van der Waals surface area contributed by atoms with Gasteiger partial charge in [0, 0.05) is 20.2 Å². The van der Waals surface area contributed by atoms with E-state index in [4.69, 9.17) is 14.1 Å². The molecule has 0 aromatic heterocycles. The smallest absolute Gasteiger partial charge is 0.410 e. The van der Waals surface area contributed by atoms with E-state index in [-0.39, 0.29) is 6.09 Å². The number of hydrogen-bond acceptors (Lipinski definition) is 4. The van der Waals surface area contributed by atoms with E-state index in [9.17, 15) is 4.79 Å². The van der Waals surface area contributed by atoms with Crippen molar-refractivity contribution in [3.8, 4) is 0 Å². The zero-order chi connectivity index (χ0) is 17.9. The summed E-state index contributed by atoms with van der Waals surface area (Å²) in [7, 11) is 3.47. The summed E-state index contributed by atoms with van der Waals surface area (Å²) in [5.74, 6) is 0. The molecule has 23 heavy (non-hydrogen) atoms. The monoisotopic (exact) mass is 324 g/mol. The lowest BCUT2D eigenvalue weighted by Crippen LogP contribution is -2.49. The maximum Gasteiger partial charge on any atom is 0.410 e. The van der Waals surface area contributed by atoms with E-state index in [1.54, 1.807) is 19.5 Å². The topological polar surface area (TPSA) is 48.0 Å². The van der Waals surface area contributed by atoms with E-state index in [2.05, 4.69) is 0 Å². The van der Waals surface area contributed by atoms with Crippen LogP contribution in [0.5, 0.6) is 0 Å². The van der Waals surface area contributed by atoms with Gasteiger partial charge >= 0.3 is 13.6 Å². The number of ether oxygens (including phenoxy) is 2. The van der Waals surface area contributed by atoms with Gasteiger partial charge in [-0.2, -0.15) is 0 Å². The summed E-state index contributed by atoms with van der Waals surface area (Å²) in [6.45, 7) is 14.8. The predicted molar refractivity (Wildman–Crippen MR) is 92.5 cm³/mol. The van der Waals surface area contributed by atoms with Crippen molar-refractivity contribution in [3.63, 3.8) is 0 Å². The molecule has 6 heteroatoms. The molecule has 1 amide bonds. The Balaban J connectivity index is 2.53. The molecule has 0 unspecified atom stereocenters. The minimum absolute atomic E-state index is 0.269. The molecule has 1 rings (SSSR count). The van der Waals surface area contributed by atoms with Crippen molar-refractivity contribution < 1.29 is 18.9 Å². The Morgan fingerprint density at radius 3 is 2.17 bits per heavy atom. The Morgan fingerprint density at radius 2 is 1.74 bits per heavy atom. The molecule has 0 spiro atoms. The first-order valence-corrected chi connectivity index (χ1v) is 8.11. The summed E-state index contributed by atoms with van der Waals surface area (Å²) in [5, 5.41) is 0. The van der Waals surface area contributed by atoms with Crippen LogP contribution in [0.4, 0.5) is 4.79 Å². The van der Waals surface area contributed by atoms with Crippen LogP contribution in [-0.4, -0.2) is 55.5 Å². The molecule has 0 fully saturated rings. The van der Waals surface area contributed by atoms with Crippen LogP contribution in [0.2, 0.25) is 0 Å². The second-order valence-corrected chi connectivity index (χ2v) is 7.92. The van der Waals surface area contributed by atoms with E-state index in [1.807, 2.05) is 54.5 Å². The molecule has 1 aliphatic heterocycles. The van der Waals surface area contributed by atoms with Crippen molar-refractivity contribution in [1.82, 2.24) is 4.90 Å². The van der Waals surface area contributed by atoms with Gasteiger partial charge in [-0.3, -0.25) is 0 Å². The summed E-state index contributed by atoms with van der Waals surface area (Å²) < 4.78 is 16.8. The van der Waals surface area contributed by atoms with Gasteiger partial charge in [-0.25, -0.2) is 4.79 Å². The number of methoxy groups -OCH3 is 1. The molecule has 1 radical (unpaired) electrons.